The van der Waals surface area contributed by atoms with Crippen molar-refractivity contribution in [3.05, 3.63) is 22.4 Å². The molecule has 1 aromatic rings. The van der Waals surface area contributed by atoms with Crippen molar-refractivity contribution >= 4 is 11.3 Å². The van der Waals surface area contributed by atoms with Crippen LogP contribution in [0.1, 0.15) is 31.6 Å². The van der Waals surface area contributed by atoms with E-state index in [1.54, 1.807) is 0 Å². The number of thiophene rings is 1. The van der Waals surface area contributed by atoms with Gasteiger partial charge in [-0.05, 0) is 50.5 Å². The summed E-state index contributed by atoms with van der Waals surface area (Å²) in [7, 11) is 0. The Morgan fingerprint density at radius 2 is 2.11 bits per heavy atom. The van der Waals surface area contributed by atoms with Crippen LogP contribution in [0.2, 0.25) is 0 Å². The van der Waals surface area contributed by atoms with E-state index >= 15 is 0 Å². The molecule has 1 saturated heterocycles. The van der Waals surface area contributed by atoms with Gasteiger partial charge in [-0.1, -0.05) is 19.9 Å². The van der Waals surface area contributed by atoms with Crippen molar-refractivity contribution in [2.75, 3.05) is 32.7 Å². The third-order valence-electron chi connectivity index (χ3n) is 4.59. The Kier molecular flexibility index (Phi) is 5.39. The zero-order chi connectivity index (χ0) is 13.7. The topological polar surface area (TPSA) is 32.5 Å². The van der Waals surface area contributed by atoms with E-state index in [1.807, 2.05) is 11.3 Å². The van der Waals surface area contributed by atoms with E-state index in [2.05, 4.69) is 41.2 Å². The first kappa shape index (κ1) is 15.0. The second kappa shape index (κ2) is 6.84. The van der Waals surface area contributed by atoms with E-state index in [1.165, 1.54) is 30.8 Å². The van der Waals surface area contributed by atoms with Crippen LogP contribution < -0.4 is 5.73 Å². The summed E-state index contributed by atoms with van der Waals surface area (Å²) >= 11 is 1.85. The quantitative estimate of drug-likeness (QED) is 0.869. The van der Waals surface area contributed by atoms with Crippen molar-refractivity contribution in [3.63, 3.8) is 0 Å². The van der Waals surface area contributed by atoms with E-state index in [0.717, 1.165) is 26.2 Å². The van der Waals surface area contributed by atoms with Crippen molar-refractivity contribution in [1.29, 1.82) is 0 Å². The van der Waals surface area contributed by atoms with E-state index in [-0.39, 0.29) is 5.54 Å². The molecule has 2 N–H and O–H groups in total. The lowest BCUT2D eigenvalue weighted by molar-refractivity contribution is 0.0266. The number of nitrogens with zero attached hydrogens (tertiary/aromatic N) is 2. The highest BCUT2D eigenvalue weighted by atomic mass is 32.1. The third-order valence-corrected chi connectivity index (χ3v) is 5.45. The van der Waals surface area contributed by atoms with E-state index < -0.39 is 0 Å². The molecule has 0 saturated carbocycles. The molecule has 1 aliphatic rings. The average Bonchev–Trinajstić information content (AvgIpc) is 2.98. The van der Waals surface area contributed by atoms with Gasteiger partial charge in [-0.2, -0.15) is 0 Å². The van der Waals surface area contributed by atoms with Crippen LogP contribution >= 0.6 is 11.3 Å². The minimum Gasteiger partial charge on any atom is -0.329 e. The first-order chi connectivity index (χ1) is 9.24. The van der Waals surface area contributed by atoms with Crippen molar-refractivity contribution < 1.29 is 0 Å². The maximum atomic E-state index is 6.17. The molecule has 0 unspecified atom stereocenters. The molecule has 4 heteroatoms. The highest BCUT2D eigenvalue weighted by Gasteiger charge is 2.37. The molecule has 0 atom stereocenters. The van der Waals surface area contributed by atoms with Crippen molar-refractivity contribution in [2.45, 2.75) is 38.8 Å². The minimum atomic E-state index is 0.213. The van der Waals surface area contributed by atoms with Gasteiger partial charge in [0.25, 0.3) is 0 Å². The molecule has 0 amide bonds. The highest BCUT2D eigenvalue weighted by Crippen LogP contribution is 2.30. The van der Waals surface area contributed by atoms with Gasteiger partial charge in [0.2, 0.25) is 0 Å². The number of likely N-dealkylation sites (tertiary alicyclic amines) is 1. The van der Waals surface area contributed by atoms with Gasteiger partial charge in [0, 0.05) is 23.5 Å². The first-order valence-electron chi connectivity index (χ1n) is 7.44. The largest absolute Gasteiger partial charge is 0.329 e. The molecule has 1 aromatic heterocycles. The van der Waals surface area contributed by atoms with Crippen molar-refractivity contribution in [1.82, 2.24) is 9.80 Å². The predicted molar refractivity (Wildman–Crippen MR) is 83.5 cm³/mol. The Labute approximate surface area is 121 Å². The molecule has 0 aromatic carbocycles. The van der Waals surface area contributed by atoms with E-state index in [4.69, 9.17) is 5.73 Å². The van der Waals surface area contributed by atoms with Gasteiger partial charge in [0.05, 0.1) is 0 Å². The number of likely N-dealkylation sites (N-methyl/N-ethyl adjacent to an activating group) is 1. The fourth-order valence-electron chi connectivity index (χ4n) is 3.14. The van der Waals surface area contributed by atoms with Gasteiger partial charge >= 0.3 is 0 Å². The molecule has 2 rings (SSSR count). The summed E-state index contributed by atoms with van der Waals surface area (Å²) in [6.45, 7) is 11.0. The SMILES string of the molecule is CCN1CCC(CN)(N(CC)Cc2cccs2)CC1. The van der Waals surface area contributed by atoms with Crippen LogP contribution in [0.3, 0.4) is 0 Å². The van der Waals surface area contributed by atoms with Gasteiger partial charge in [0.1, 0.15) is 0 Å². The zero-order valence-corrected chi connectivity index (χ0v) is 13.1. The summed E-state index contributed by atoms with van der Waals surface area (Å²) in [5, 5.41) is 2.16. The van der Waals surface area contributed by atoms with Crippen LogP contribution in [0, 0.1) is 0 Å². The van der Waals surface area contributed by atoms with Crippen molar-refractivity contribution in [2.24, 2.45) is 5.73 Å². The lowest BCUT2D eigenvalue weighted by atomic mass is 9.85. The minimum absolute atomic E-state index is 0.213. The Hall–Kier alpha value is -0.420. The molecular weight excluding hydrogens is 254 g/mol. The van der Waals surface area contributed by atoms with Crippen LogP contribution in [-0.2, 0) is 6.54 Å². The molecule has 19 heavy (non-hydrogen) atoms. The molecule has 0 spiro atoms. The van der Waals surface area contributed by atoms with Crippen molar-refractivity contribution in [3.8, 4) is 0 Å². The van der Waals surface area contributed by atoms with Gasteiger partial charge in [-0.3, -0.25) is 4.90 Å². The molecule has 1 fully saturated rings. The maximum Gasteiger partial charge on any atom is 0.0359 e. The van der Waals surface area contributed by atoms with E-state index in [9.17, 15) is 0 Å². The number of hydrogen-bond acceptors (Lipinski definition) is 4. The Morgan fingerprint density at radius 3 is 2.58 bits per heavy atom. The normalized spacial score (nSPS) is 20.0. The Bertz CT molecular complexity index is 355. The third kappa shape index (κ3) is 3.37. The summed E-state index contributed by atoms with van der Waals surface area (Å²) in [5.74, 6) is 0. The molecule has 3 nitrogen and oxygen atoms in total. The zero-order valence-electron chi connectivity index (χ0n) is 12.3. The van der Waals surface area contributed by atoms with E-state index in [0.29, 0.717) is 0 Å². The standard InChI is InChI=1S/C15H27N3S/c1-3-17-9-7-15(13-16,8-10-17)18(4-2)12-14-6-5-11-19-14/h5-6,11H,3-4,7-10,12-13,16H2,1-2H3. The number of nitrogens with two attached hydrogens (primary N) is 1. The average molecular weight is 281 g/mol. The number of rotatable bonds is 6. The van der Waals surface area contributed by atoms with Gasteiger partial charge in [-0.15, -0.1) is 11.3 Å². The lowest BCUT2D eigenvalue weighted by Gasteiger charge is -2.48. The molecule has 1 aliphatic heterocycles. The summed E-state index contributed by atoms with van der Waals surface area (Å²) < 4.78 is 0. The van der Waals surface area contributed by atoms with Crippen LogP contribution in [-0.4, -0.2) is 48.1 Å². The molecule has 108 valence electrons. The maximum absolute atomic E-state index is 6.17. The Morgan fingerprint density at radius 1 is 1.37 bits per heavy atom. The summed E-state index contributed by atoms with van der Waals surface area (Å²) in [4.78, 5) is 6.59. The summed E-state index contributed by atoms with van der Waals surface area (Å²) in [6.07, 6.45) is 2.41. The van der Waals surface area contributed by atoms with Crippen LogP contribution in [0.4, 0.5) is 0 Å². The fourth-order valence-corrected chi connectivity index (χ4v) is 3.86. The Balaban J connectivity index is 2.05. The highest BCUT2D eigenvalue weighted by molar-refractivity contribution is 7.09. The number of hydrogen-bond donors (Lipinski definition) is 1. The fraction of sp³-hybridized carbons (Fsp3) is 0.733. The molecule has 0 radical (unpaired) electrons. The van der Waals surface area contributed by atoms with Crippen LogP contribution in [0.25, 0.3) is 0 Å². The molecular formula is C15H27N3S. The van der Waals surface area contributed by atoms with Gasteiger partial charge < -0.3 is 10.6 Å². The summed E-state index contributed by atoms with van der Waals surface area (Å²) in [6, 6.07) is 4.38. The molecule has 0 aliphatic carbocycles. The predicted octanol–water partition coefficient (Wildman–Crippen LogP) is 2.38. The van der Waals surface area contributed by atoms with Gasteiger partial charge in [0.15, 0.2) is 0 Å². The smallest absolute Gasteiger partial charge is 0.0359 e. The monoisotopic (exact) mass is 281 g/mol. The second-order valence-electron chi connectivity index (χ2n) is 5.46. The molecule has 0 bridgehead atoms. The molecule has 2 heterocycles. The summed E-state index contributed by atoms with van der Waals surface area (Å²) in [5.41, 5.74) is 6.39. The van der Waals surface area contributed by atoms with Crippen LogP contribution in [0.15, 0.2) is 17.5 Å². The van der Waals surface area contributed by atoms with Gasteiger partial charge in [-0.25, -0.2) is 0 Å². The number of piperidine rings is 1. The second-order valence-corrected chi connectivity index (χ2v) is 6.49. The lowest BCUT2D eigenvalue weighted by Crippen LogP contribution is -2.58. The first-order valence-corrected chi connectivity index (χ1v) is 8.32. The van der Waals surface area contributed by atoms with Crippen LogP contribution in [0.5, 0.6) is 0 Å².